The highest BCUT2D eigenvalue weighted by molar-refractivity contribution is 5.95. The number of rotatable bonds is 3. The molecule has 2 fully saturated rings. The van der Waals surface area contributed by atoms with Crippen molar-refractivity contribution in [2.24, 2.45) is 5.73 Å². The number of nitrogens with two attached hydrogens (primary N) is 1. The summed E-state index contributed by atoms with van der Waals surface area (Å²) in [5.74, 6) is -0.257. The molecule has 16 heavy (non-hydrogen) atoms. The summed E-state index contributed by atoms with van der Waals surface area (Å²) in [7, 11) is 0. The van der Waals surface area contributed by atoms with Gasteiger partial charge < -0.3 is 11.1 Å². The van der Waals surface area contributed by atoms with E-state index in [4.69, 9.17) is 5.73 Å². The molecule has 90 valence electrons. The van der Waals surface area contributed by atoms with Crippen LogP contribution in [-0.2, 0) is 4.79 Å². The number of carbonyl (C=O) groups is 2. The van der Waals surface area contributed by atoms with Gasteiger partial charge in [-0.05, 0) is 19.3 Å². The first-order chi connectivity index (χ1) is 7.63. The second-order valence-corrected chi connectivity index (χ2v) is 4.58. The van der Waals surface area contributed by atoms with Gasteiger partial charge in [0.15, 0.2) is 0 Å². The maximum Gasteiger partial charge on any atom is 0.321 e. The standard InChI is InChI=1S/C10H18N4O2/c11-7-3-4-14(5-7)6-9(15)13-10(16)12-8-1-2-8/h7-8H,1-6,11H2,(H2,12,13,15,16). The van der Waals surface area contributed by atoms with E-state index in [2.05, 4.69) is 10.6 Å². The molecule has 0 aromatic heterocycles. The van der Waals surface area contributed by atoms with Crippen LogP contribution in [0.25, 0.3) is 0 Å². The lowest BCUT2D eigenvalue weighted by molar-refractivity contribution is -0.120. The minimum absolute atomic E-state index is 0.160. The lowest BCUT2D eigenvalue weighted by Gasteiger charge is -2.14. The van der Waals surface area contributed by atoms with Crippen LogP contribution >= 0.6 is 0 Å². The van der Waals surface area contributed by atoms with Gasteiger partial charge in [0.1, 0.15) is 0 Å². The largest absolute Gasteiger partial charge is 0.335 e. The molecular weight excluding hydrogens is 208 g/mol. The van der Waals surface area contributed by atoms with Crippen LogP contribution in [0.4, 0.5) is 4.79 Å². The van der Waals surface area contributed by atoms with Crippen LogP contribution in [0.5, 0.6) is 0 Å². The summed E-state index contributed by atoms with van der Waals surface area (Å²) >= 11 is 0. The summed E-state index contributed by atoms with van der Waals surface area (Å²) in [6.07, 6.45) is 2.95. The van der Waals surface area contributed by atoms with Crippen molar-refractivity contribution in [1.29, 1.82) is 0 Å². The molecule has 1 heterocycles. The van der Waals surface area contributed by atoms with E-state index in [-0.39, 0.29) is 30.6 Å². The number of urea groups is 1. The molecule has 0 spiro atoms. The number of amides is 3. The van der Waals surface area contributed by atoms with E-state index in [1.807, 2.05) is 4.90 Å². The molecular formula is C10H18N4O2. The van der Waals surface area contributed by atoms with Gasteiger partial charge in [0.05, 0.1) is 6.54 Å². The van der Waals surface area contributed by atoms with Crippen LogP contribution in [0, 0.1) is 0 Å². The van der Waals surface area contributed by atoms with Crippen LogP contribution < -0.4 is 16.4 Å². The first kappa shape index (κ1) is 11.3. The molecule has 6 heteroatoms. The summed E-state index contributed by atoms with van der Waals surface area (Å²) in [6.45, 7) is 1.82. The molecule has 3 amide bonds. The van der Waals surface area contributed by atoms with E-state index in [0.29, 0.717) is 0 Å². The molecule has 6 nitrogen and oxygen atoms in total. The zero-order valence-electron chi connectivity index (χ0n) is 9.24. The maximum atomic E-state index is 11.5. The van der Waals surface area contributed by atoms with Crippen LogP contribution in [0.2, 0.25) is 0 Å². The number of hydrogen-bond acceptors (Lipinski definition) is 4. The van der Waals surface area contributed by atoms with Crippen molar-refractivity contribution in [3.8, 4) is 0 Å². The number of nitrogens with one attached hydrogen (secondary N) is 2. The average molecular weight is 226 g/mol. The van der Waals surface area contributed by atoms with Crippen LogP contribution in [0.1, 0.15) is 19.3 Å². The Morgan fingerprint density at radius 1 is 1.31 bits per heavy atom. The summed E-state index contributed by atoms with van der Waals surface area (Å²) in [4.78, 5) is 24.7. The van der Waals surface area contributed by atoms with Gasteiger partial charge in [0.25, 0.3) is 0 Å². The minimum atomic E-state index is -0.379. The highest BCUT2D eigenvalue weighted by Crippen LogP contribution is 2.18. The zero-order valence-corrected chi connectivity index (χ0v) is 9.24. The van der Waals surface area contributed by atoms with Gasteiger partial charge in [-0.3, -0.25) is 15.0 Å². The Labute approximate surface area is 94.5 Å². The molecule has 0 bridgehead atoms. The smallest absolute Gasteiger partial charge is 0.321 e. The predicted octanol–water partition coefficient (Wildman–Crippen LogP) is -0.992. The SMILES string of the molecule is NC1CCN(CC(=O)NC(=O)NC2CC2)C1. The molecule has 2 aliphatic rings. The van der Waals surface area contributed by atoms with E-state index < -0.39 is 0 Å². The van der Waals surface area contributed by atoms with Crippen molar-refractivity contribution in [3.05, 3.63) is 0 Å². The molecule has 1 aliphatic heterocycles. The number of hydrogen-bond donors (Lipinski definition) is 3. The maximum absolute atomic E-state index is 11.5. The fraction of sp³-hybridized carbons (Fsp3) is 0.800. The summed E-state index contributed by atoms with van der Waals surface area (Å²) in [6, 6.07) is 0.0529. The minimum Gasteiger partial charge on any atom is -0.335 e. The summed E-state index contributed by atoms with van der Waals surface area (Å²) < 4.78 is 0. The van der Waals surface area contributed by atoms with Gasteiger partial charge in [-0.1, -0.05) is 0 Å². The van der Waals surface area contributed by atoms with E-state index in [0.717, 1.165) is 32.4 Å². The van der Waals surface area contributed by atoms with E-state index in [1.54, 1.807) is 0 Å². The number of nitrogens with zero attached hydrogens (tertiary/aromatic N) is 1. The van der Waals surface area contributed by atoms with Crippen molar-refractivity contribution in [3.63, 3.8) is 0 Å². The Kier molecular flexibility index (Phi) is 3.40. The first-order valence-corrected chi connectivity index (χ1v) is 5.72. The van der Waals surface area contributed by atoms with Crippen molar-refractivity contribution in [2.75, 3.05) is 19.6 Å². The lowest BCUT2D eigenvalue weighted by atomic mass is 10.3. The predicted molar refractivity (Wildman–Crippen MR) is 58.7 cm³/mol. The Balaban J connectivity index is 1.65. The third kappa shape index (κ3) is 3.46. The van der Waals surface area contributed by atoms with Crippen molar-refractivity contribution < 1.29 is 9.59 Å². The van der Waals surface area contributed by atoms with Gasteiger partial charge >= 0.3 is 6.03 Å². The third-order valence-electron chi connectivity index (χ3n) is 2.84. The molecule has 2 rings (SSSR count). The second kappa shape index (κ2) is 4.80. The van der Waals surface area contributed by atoms with Crippen molar-refractivity contribution >= 4 is 11.9 Å². The Morgan fingerprint density at radius 2 is 2.06 bits per heavy atom. The van der Waals surface area contributed by atoms with E-state index in [1.165, 1.54) is 0 Å². The van der Waals surface area contributed by atoms with Gasteiger partial charge in [-0.25, -0.2) is 4.79 Å². The molecule has 1 saturated heterocycles. The van der Waals surface area contributed by atoms with Crippen LogP contribution in [0.3, 0.4) is 0 Å². The van der Waals surface area contributed by atoms with Crippen LogP contribution in [-0.4, -0.2) is 48.6 Å². The first-order valence-electron chi connectivity index (χ1n) is 5.72. The molecule has 0 radical (unpaired) electrons. The van der Waals surface area contributed by atoms with E-state index in [9.17, 15) is 9.59 Å². The molecule has 1 unspecified atom stereocenters. The summed E-state index contributed by atoms with van der Waals surface area (Å²) in [5.41, 5.74) is 5.72. The number of carbonyl (C=O) groups excluding carboxylic acids is 2. The molecule has 0 aromatic rings. The zero-order chi connectivity index (χ0) is 11.5. The molecule has 1 aliphatic carbocycles. The monoisotopic (exact) mass is 226 g/mol. The van der Waals surface area contributed by atoms with Gasteiger partial charge in [-0.15, -0.1) is 0 Å². The van der Waals surface area contributed by atoms with E-state index >= 15 is 0 Å². The number of likely N-dealkylation sites (tertiary alicyclic amines) is 1. The Bertz CT molecular complexity index is 291. The Morgan fingerprint density at radius 3 is 2.62 bits per heavy atom. The molecule has 1 saturated carbocycles. The van der Waals surface area contributed by atoms with Crippen LogP contribution in [0.15, 0.2) is 0 Å². The Hall–Kier alpha value is -1.14. The average Bonchev–Trinajstić information content (AvgIpc) is 2.89. The van der Waals surface area contributed by atoms with Gasteiger partial charge in [-0.2, -0.15) is 0 Å². The topological polar surface area (TPSA) is 87.5 Å². The quantitative estimate of drug-likeness (QED) is 0.576. The normalized spacial score (nSPS) is 25.4. The second-order valence-electron chi connectivity index (χ2n) is 4.58. The highest BCUT2D eigenvalue weighted by atomic mass is 16.2. The fourth-order valence-corrected chi connectivity index (χ4v) is 1.82. The van der Waals surface area contributed by atoms with Gasteiger partial charge in [0.2, 0.25) is 5.91 Å². The summed E-state index contributed by atoms with van der Waals surface area (Å²) in [5, 5.41) is 5.03. The van der Waals surface area contributed by atoms with Crippen molar-refractivity contribution in [1.82, 2.24) is 15.5 Å². The van der Waals surface area contributed by atoms with Gasteiger partial charge in [0, 0.05) is 25.2 Å². The molecule has 0 aromatic carbocycles. The highest BCUT2D eigenvalue weighted by Gasteiger charge is 2.25. The third-order valence-corrected chi connectivity index (χ3v) is 2.84. The lowest BCUT2D eigenvalue weighted by Crippen LogP contribution is -2.45. The molecule has 4 N–H and O–H groups in total. The van der Waals surface area contributed by atoms with Crippen molar-refractivity contribution in [2.45, 2.75) is 31.3 Å². The molecule has 1 atom stereocenters. The fourth-order valence-electron chi connectivity index (χ4n) is 1.82. The number of imide groups is 1.